The maximum Gasteiger partial charge on any atom is 0.415 e. The zero-order valence-corrected chi connectivity index (χ0v) is 17.0. The number of hydrogen-bond donors (Lipinski definition) is 1. The molecule has 1 unspecified atom stereocenters. The third-order valence-corrected chi connectivity index (χ3v) is 4.20. The molecule has 2 heterocycles. The molecule has 1 amide bonds. The molecule has 140 valence electrons. The van der Waals surface area contributed by atoms with Gasteiger partial charge in [0.2, 0.25) is 0 Å². The number of nitrogens with one attached hydrogen (secondary N) is 1. The van der Waals surface area contributed by atoms with Crippen molar-refractivity contribution in [2.75, 3.05) is 13.1 Å². The summed E-state index contributed by atoms with van der Waals surface area (Å²) in [6.07, 6.45) is 3.98. The van der Waals surface area contributed by atoms with E-state index in [9.17, 15) is 9.59 Å². The van der Waals surface area contributed by atoms with E-state index in [0.29, 0.717) is 6.42 Å². The molecular formula is C20H25BrN2O3. The molecule has 0 aromatic heterocycles. The van der Waals surface area contributed by atoms with Gasteiger partial charge in [-0.1, -0.05) is 30.3 Å². The molecule has 6 heteroatoms. The molecule has 2 aliphatic rings. The average Bonchev–Trinajstić information content (AvgIpc) is 2.53. The van der Waals surface area contributed by atoms with Gasteiger partial charge < -0.3 is 26.6 Å². The van der Waals surface area contributed by atoms with Crippen LogP contribution in [0.15, 0.2) is 53.9 Å². The van der Waals surface area contributed by atoms with Crippen molar-refractivity contribution in [3.63, 3.8) is 0 Å². The Morgan fingerprint density at radius 1 is 1.23 bits per heavy atom. The van der Waals surface area contributed by atoms with Crippen LogP contribution in [0.25, 0.3) is 0 Å². The normalized spacial score (nSPS) is 19.7. The maximum atomic E-state index is 12.5. The summed E-state index contributed by atoms with van der Waals surface area (Å²) in [5.41, 5.74) is 2.50. The zero-order chi connectivity index (χ0) is 18.0. The third-order valence-electron chi connectivity index (χ3n) is 4.20. The Bertz CT molecular complexity index is 735. The van der Waals surface area contributed by atoms with E-state index in [2.05, 4.69) is 18.3 Å². The van der Waals surface area contributed by atoms with Crippen molar-refractivity contribution in [2.45, 2.75) is 39.3 Å². The number of rotatable bonds is 2. The van der Waals surface area contributed by atoms with E-state index in [-0.39, 0.29) is 29.3 Å². The van der Waals surface area contributed by atoms with E-state index >= 15 is 0 Å². The average molecular weight is 421 g/mol. The van der Waals surface area contributed by atoms with Gasteiger partial charge in [0.15, 0.2) is 5.78 Å². The highest BCUT2D eigenvalue weighted by Gasteiger charge is 2.34. The monoisotopic (exact) mass is 420 g/mol. The predicted octanol–water partition coefficient (Wildman–Crippen LogP) is -0.933. The van der Waals surface area contributed by atoms with Crippen LogP contribution in [0.1, 0.15) is 32.8 Å². The van der Waals surface area contributed by atoms with Crippen molar-refractivity contribution in [3.05, 3.63) is 59.4 Å². The van der Waals surface area contributed by atoms with Crippen LogP contribution in [0.4, 0.5) is 4.79 Å². The number of nitrogens with zero attached hydrogens (tertiary/aromatic N) is 1. The Kier molecular flexibility index (Phi) is 6.42. The van der Waals surface area contributed by atoms with Crippen LogP contribution in [-0.4, -0.2) is 35.5 Å². The van der Waals surface area contributed by atoms with Crippen LogP contribution in [0.5, 0.6) is 0 Å². The molecule has 0 fully saturated rings. The van der Waals surface area contributed by atoms with Crippen LogP contribution in [-0.2, 0) is 16.1 Å². The molecule has 1 aromatic carbocycles. The van der Waals surface area contributed by atoms with Crippen LogP contribution in [0.2, 0.25) is 0 Å². The minimum absolute atomic E-state index is 0. The molecule has 1 atom stereocenters. The number of carbonyl (C=O) groups is 2. The van der Waals surface area contributed by atoms with Crippen LogP contribution in [0, 0.1) is 0 Å². The molecule has 0 saturated carbocycles. The quantitative estimate of drug-likeness (QED) is 0.672. The highest BCUT2D eigenvalue weighted by Crippen LogP contribution is 2.24. The standard InChI is InChI=1S/C20H24N2O3.BrH/c1-20(2,3)25-19(24)22-14-17(23)11-16-13-21(10-9-18(16)22)12-15-7-5-4-6-8-15;/h4-10H,11-14H2,1-3H3;1H. The van der Waals surface area contributed by atoms with Gasteiger partial charge >= 0.3 is 6.09 Å². The topological polar surface area (TPSA) is 51.0 Å². The Balaban J connectivity index is 0.00000243. The second-order valence-electron chi connectivity index (χ2n) is 7.60. The van der Waals surface area contributed by atoms with E-state index in [1.165, 1.54) is 15.4 Å². The second kappa shape index (κ2) is 8.18. The van der Waals surface area contributed by atoms with E-state index < -0.39 is 11.7 Å². The lowest BCUT2D eigenvalue weighted by molar-refractivity contribution is -0.857. The highest BCUT2D eigenvalue weighted by atomic mass is 79.9. The summed E-state index contributed by atoms with van der Waals surface area (Å²) < 4.78 is 5.46. The van der Waals surface area contributed by atoms with Gasteiger partial charge in [0, 0.05) is 23.6 Å². The van der Waals surface area contributed by atoms with E-state index in [1.54, 1.807) is 0 Å². The minimum atomic E-state index is -0.582. The number of amides is 1. The Labute approximate surface area is 165 Å². The molecule has 1 N–H and O–H groups in total. The number of carbonyl (C=O) groups excluding carboxylic acids is 2. The summed E-state index contributed by atoms with van der Waals surface area (Å²) in [6.45, 7) is 7.16. The molecule has 0 bridgehead atoms. The molecule has 0 spiro atoms. The van der Waals surface area contributed by atoms with Gasteiger partial charge in [-0.2, -0.15) is 0 Å². The smallest absolute Gasteiger partial charge is 0.415 e. The zero-order valence-electron chi connectivity index (χ0n) is 15.4. The first-order chi connectivity index (χ1) is 11.8. The number of halogens is 1. The van der Waals surface area contributed by atoms with Crippen molar-refractivity contribution in [1.82, 2.24) is 4.90 Å². The fourth-order valence-corrected chi connectivity index (χ4v) is 3.19. The van der Waals surface area contributed by atoms with Gasteiger partial charge in [-0.05, 0) is 20.8 Å². The summed E-state index contributed by atoms with van der Waals surface area (Å²) in [5, 5.41) is 0. The molecule has 5 nitrogen and oxygen atoms in total. The first kappa shape index (κ1) is 20.4. The molecule has 0 aliphatic carbocycles. The first-order valence-electron chi connectivity index (χ1n) is 8.63. The number of hydrogen-bond acceptors (Lipinski definition) is 3. The van der Waals surface area contributed by atoms with Crippen molar-refractivity contribution >= 4 is 11.9 Å². The molecule has 1 aromatic rings. The number of quaternary nitrogens is 1. The summed E-state index contributed by atoms with van der Waals surface area (Å²) >= 11 is 0. The summed E-state index contributed by atoms with van der Waals surface area (Å²) in [7, 11) is 0. The highest BCUT2D eigenvalue weighted by molar-refractivity contribution is 5.89. The number of ether oxygens (including phenoxy) is 1. The van der Waals surface area contributed by atoms with Crippen LogP contribution >= 0.6 is 0 Å². The molecule has 2 aliphatic heterocycles. The SMILES string of the molecule is CC(C)(C)OC(=O)N1CC(=O)CC2=C1C=C[NH+](Cc1ccccc1)C2.[Br-]. The van der Waals surface area contributed by atoms with Gasteiger partial charge in [-0.3, -0.25) is 9.69 Å². The first-order valence-corrected chi connectivity index (χ1v) is 8.63. The van der Waals surface area contributed by atoms with Crippen molar-refractivity contribution in [3.8, 4) is 0 Å². The van der Waals surface area contributed by atoms with Crippen LogP contribution < -0.4 is 21.9 Å². The number of Topliss-reactive ketones (excluding diaryl/α,β-unsaturated/α-hetero) is 1. The van der Waals surface area contributed by atoms with E-state index in [0.717, 1.165) is 24.4 Å². The fraction of sp³-hybridized carbons (Fsp3) is 0.400. The van der Waals surface area contributed by atoms with Gasteiger partial charge in [0.1, 0.15) is 18.7 Å². The molecule has 0 radical (unpaired) electrons. The lowest BCUT2D eigenvalue weighted by atomic mass is 9.98. The van der Waals surface area contributed by atoms with Gasteiger partial charge in [0.05, 0.1) is 18.4 Å². The van der Waals surface area contributed by atoms with Crippen molar-refractivity contribution in [2.24, 2.45) is 0 Å². The lowest BCUT2D eigenvalue weighted by Crippen LogP contribution is -3.06. The van der Waals surface area contributed by atoms with Gasteiger partial charge in [0.25, 0.3) is 0 Å². The van der Waals surface area contributed by atoms with Gasteiger partial charge in [-0.15, -0.1) is 0 Å². The minimum Gasteiger partial charge on any atom is -1.00 e. The predicted molar refractivity (Wildman–Crippen MR) is 94.7 cm³/mol. The lowest BCUT2D eigenvalue weighted by Gasteiger charge is -2.34. The fourth-order valence-electron chi connectivity index (χ4n) is 3.19. The summed E-state index contributed by atoms with van der Waals surface area (Å²) in [5.74, 6) is 0.0546. The molecule has 0 saturated heterocycles. The number of ketones is 1. The number of benzene rings is 1. The second-order valence-corrected chi connectivity index (χ2v) is 7.60. The summed E-state index contributed by atoms with van der Waals surface area (Å²) in [4.78, 5) is 27.3. The third kappa shape index (κ3) is 5.05. The largest absolute Gasteiger partial charge is 1.00 e. The Morgan fingerprint density at radius 3 is 2.58 bits per heavy atom. The van der Waals surface area contributed by atoms with E-state index in [4.69, 9.17) is 4.74 Å². The van der Waals surface area contributed by atoms with Crippen LogP contribution in [0.3, 0.4) is 0 Å². The molecular weight excluding hydrogens is 396 g/mol. The van der Waals surface area contributed by atoms with Gasteiger partial charge in [-0.25, -0.2) is 4.79 Å². The molecule has 3 rings (SSSR count). The number of allylic oxidation sites excluding steroid dienone is 1. The summed E-state index contributed by atoms with van der Waals surface area (Å²) in [6, 6.07) is 10.3. The maximum absolute atomic E-state index is 12.5. The molecule has 26 heavy (non-hydrogen) atoms. The Hall–Kier alpha value is -1.92. The van der Waals surface area contributed by atoms with Crippen molar-refractivity contribution < 1.29 is 36.2 Å². The van der Waals surface area contributed by atoms with Crippen molar-refractivity contribution in [1.29, 1.82) is 0 Å². The Morgan fingerprint density at radius 2 is 1.92 bits per heavy atom. The van der Waals surface area contributed by atoms with E-state index in [1.807, 2.05) is 45.0 Å².